The quantitative estimate of drug-likeness (QED) is 0.656. The van der Waals surface area contributed by atoms with Crippen LogP contribution in [-0.2, 0) is 0 Å². The minimum absolute atomic E-state index is 0.473. The predicted octanol–water partition coefficient (Wildman–Crippen LogP) is 2.92. The van der Waals surface area contributed by atoms with E-state index in [-0.39, 0.29) is 0 Å². The first-order valence-corrected chi connectivity index (χ1v) is 7.50. The van der Waals surface area contributed by atoms with E-state index in [1.807, 2.05) is 0 Å². The van der Waals surface area contributed by atoms with Gasteiger partial charge in [0.15, 0.2) is 0 Å². The van der Waals surface area contributed by atoms with Crippen LogP contribution in [0, 0.1) is 0 Å². The Morgan fingerprint density at radius 3 is 1.27 bits per heavy atom. The van der Waals surface area contributed by atoms with Crippen LogP contribution in [0.25, 0.3) is 0 Å². The summed E-state index contributed by atoms with van der Waals surface area (Å²) in [4.78, 5) is 10.6. The molecule has 0 unspecified atom stereocenters. The van der Waals surface area contributed by atoms with Gasteiger partial charge in [-0.25, -0.2) is 0 Å². The van der Waals surface area contributed by atoms with Crippen LogP contribution in [0.15, 0.2) is 0 Å². The van der Waals surface area contributed by atoms with Crippen LogP contribution in [0.3, 0.4) is 0 Å². The summed E-state index contributed by atoms with van der Waals surface area (Å²) in [6.07, 6.45) is 2.95. The van der Waals surface area contributed by atoms with Gasteiger partial charge in [0.1, 0.15) is 0 Å². The van der Waals surface area contributed by atoms with Gasteiger partial charge in [0.05, 0.1) is 0 Å². The van der Waals surface area contributed by atoms with E-state index in [1.54, 1.807) is 0 Å². The SMILES string of the molecule is CCP(O)(CC)(CC)C(C)C. The molecule has 0 aliphatic carbocycles. The zero-order valence-corrected chi connectivity index (χ0v) is 9.49. The van der Waals surface area contributed by atoms with Crippen LogP contribution >= 0.6 is 6.83 Å². The van der Waals surface area contributed by atoms with Gasteiger partial charge in [-0.15, -0.1) is 0 Å². The van der Waals surface area contributed by atoms with Gasteiger partial charge < -0.3 is 0 Å². The van der Waals surface area contributed by atoms with Crippen molar-refractivity contribution >= 4 is 6.83 Å². The predicted molar refractivity (Wildman–Crippen MR) is 55.9 cm³/mol. The second kappa shape index (κ2) is 3.41. The maximum atomic E-state index is 10.6. The van der Waals surface area contributed by atoms with Gasteiger partial charge in [-0.1, -0.05) is 0 Å². The molecule has 0 aliphatic heterocycles. The number of hydrogen-bond acceptors (Lipinski definition) is 1. The van der Waals surface area contributed by atoms with E-state index in [1.165, 1.54) is 0 Å². The molecule has 0 saturated carbocycles. The molecule has 0 fully saturated rings. The summed E-state index contributed by atoms with van der Waals surface area (Å²) < 4.78 is 0. The van der Waals surface area contributed by atoms with Crippen molar-refractivity contribution in [3.63, 3.8) is 0 Å². The average molecular weight is 178 g/mol. The van der Waals surface area contributed by atoms with E-state index < -0.39 is 6.83 Å². The van der Waals surface area contributed by atoms with Crippen LogP contribution in [0.2, 0.25) is 0 Å². The average Bonchev–Trinajstić information content (AvgIpc) is 2.03. The molecule has 0 bridgehead atoms. The summed E-state index contributed by atoms with van der Waals surface area (Å²) in [5.41, 5.74) is 0.473. The third-order valence-electron chi connectivity index (χ3n) is 3.64. The van der Waals surface area contributed by atoms with Gasteiger partial charge in [0, 0.05) is 0 Å². The van der Waals surface area contributed by atoms with Gasteiger partial charge in [-0.2, -0.15) is 0 Å². The third-order valence-corrected chi connectivity index (χ3v) is 10.9. The van der Waals surface area contributed by atoms with Crippen LogP contribution < -0.4 is 0 Å². The first-order chi connectivity index (χ1) is 4.93. The van der Waals surface area contributed by atoms with Crippen LogP contribution in [0.5, 0.6) is 0 Å². The molecule has 0 spiro atoms. The van der Waals surface area contributed by atoms with Crippen molar-refractivity contribution in [3.05, 3.63) is 0 Å². The molecular formula is C9H23OP. The molecule has 0 heterocycles. The topological polar surface area (TPSA) is 20.2 Å². The summed E-state index contributed by atoms with van der Waals surface area (Å²) in [5.74, 6) is 0. The fraction of sp³-hybridized carbons (Fsp3) is 1.00. The van der Waals surface area contributed by atoms with Crippen LogP contribution in [0.4, 0.5) is 0 Å². The van der Waals surface area contributed by atoms with Crippen molar-refractivity contribution in [2.75, 3.05) is 18.5 Å². The summed E-state index contributed by atoms with van der Waals surface area (Å²) in [6.45, 7) is 8.45. The van der Waals surface area contributed by atoms with Crippen molar-refractivity contribution in [2.24, 2.45) is 0 Å². The monoisotopic (exact) mass is 178 g/mol. The Bertz CT molecular complexity index is 117. The molecule has 0 aromatic rings. The maximum absolute atomic E-state index is 10.6. The Balaban J connectivity index is 4.74. The Morgan fingerprint density at radius 1 is 1.00 bits per heavy atom. The molecule has 0 aromatic heterocycles. The van der Waals surface area contributed by atoms with Crippen molar-refractivity contribution in [1.29, 1.82) is 0 Å². The molecule has 0 atom stereocenters. The minimum atomic E-state index is -2.26. The van der Waals surface area contributed by atoms with E-state index in [0.717, 1.165) is 18.5 Å². The Labute approximate surface area is 71.2 Å². The fourth-order valence-corrected chi connectivity index (χ4v) is 5.30. The van der Waals surface area contributed by atoms with E-state index in [4.69, 9.17) is 0 Å². The molecule has 0 saturated heterocycles. The molecule has 0 radical (unpaired) electrons. The van der Waals surface area contributed by atoms with Gasteiger partial charge in [-0.3, -0.25) is 0 Å². The van der Waals surface area contributed by atoms with Crippen molar-refractivity contribution < 1.29 is 4.89 Å². The first-order valence-electron chi connectivity index (χ1n) is 4.68. The van der Waals surface area contributed by atoms with Crippen LogP contribution in [-0.4, -0.2) is 29.0 Å². The van der Waals surface area contributed by atoms with Gasteiger partial charge in [-0.05, 0) is 0 Å². The van der Waals surface area contributed by atoms with Gasteiger partial charge in [0.25, 0.3) is 0 Å². The number of rotatable bonds is 4. The molecule has 1 nitrogen and oxygen atoms in total. The van der Waals surface area contributed by atoms with E-state index in [9.17, 15) is 4.89 Å². The third kappa shape index (κ3) is 1.76. The fourth-order valence-electron chi connectivity index (χ4n) is 1.77. The summed E-state index contributed by atoms with van der Waals surface area (Å²) >= 11 is 0. The molecule has 70 valence electrons. The van der Waals surface area contributed by atoms with Crippen molar-refractivity contribution in [3.8, 4) is 0 Å². The van der Waals surface area contributed by atoms with Crippen molar-refractivity contribution in [2.45, 2.75) is 40.3 Å². The molecule has 0 aromatic carbocycles. The standard InChI is InChI=1S/C9H23OP/c1-6-11(10,7-2,8-3)9(4)5/h9-10H,6-8H2,1-5H3. The van der Waals surface area contributed by atoms with E-state index in [0.29, 0.717) is 5.66 Å². The number of hydrogen-bond donors (Lipinski definition) is 1. The van der Waals surface area contributed by atoms with Crippen molar-refractivity contribution in [1.82, 2.24) is 0 Å². The molecular weight excluding hydrogens is 155 g/mol. The van der Waals surface area contributed by atoms with E-state index >= 15 is 0 Å². The van der Waals surface area contributed by atoms with Crippen LogP contribution in [0.1, 0.15) is 34.6 Å². The first kappa shape index (κ1) is 11.4. The van der Waals surface area contributed by atoms with Gasteiger partial charge >= 0.3 is 70.5 Å². The summed E-state index contributed by atoms with van der Waals surface area (Å²) in [5, 5.41) is 0. The zero-order chi connectivity index (χ0) is 9.15. The molecule has 0 aliphatic rings. The second-order valence-corrected chi connectivity index (χ2v) is 10.2. The molecule has 2 heteroatoms. The summed E-state index contributed by atoms with van der Waals surface area (Å²) in [7, 11) is 0. The van der Waals surface area contributed by atoms with E-state index in [2.05, 4.69) is 34.6 Å². The van der Waals surface area contributed by atoms with Gasteiger partial charge in [0.2, 0.25) is 0 Å². The second-order valence-electron chi connectivity index (χ2n) is 3.80. The summed E-state index contributed by atoms with van der Waals surface area (Å²) in [6, 6.07) is 0. The Morgan fingerprint density at radius 2 is 1.27 bits per heavy atom. The Kier molecular flexibility index (Phi) is 3.53. The molecule has 11 heavy (non-hydrogen) atoms. The molecule has 0 rings (SSSR count). The normalized spacial score (nSPS) is 16.5. The Hall–Kier alpha value is 0.390. The zero-order valence-electron chi connectivity index (χ0n) is 8.59. The molecule has 1 N–H and O–H groups in total. The molecule has 0 amide bonds.